The summed E-state index contributed by atoms with van der Waals surface area (Å²) in [6.07, 6.45) is -3.79. The number of halogens is 4. The molecule has 104 valence electrons. The zero-order valence-corrected chi connectivity index (χ0v) is 11.4. The normalized spacial score (nSPS) is 11.6. The molecular weight excluding hydrogens is 351 g/mol. The number of phenols is 1. The first-order valence-corrected chi connectivity index (χ1v) is 5.76. The molecule has 0 amide bonds. The smallest absolute Gasteiger partial charge is 0.506 e. The standard InChI is InChI=1S/C9H7BrF3N3O2S/c10-6-2-5(18-9(11,12)13)1-4(7(6)17)3-15-16-8(14)19/h1-3,17H,(H3,14,16,19). The minimum atomic E-state index is -4.83. The summed E-state index contributed by atoms with van der Waals surface area (Å²) in [6.45, 7) is 0. The summed E-state index contributed by atoms with van der Waals surface area (Å²) >= 11 is 7.37. The minimum Gasteiger partial charge on any atom is -0.506 e. The molecule has 4 N–H and O–H groups in total. The van der Waals surface area contributed by atoms with Crippen LogP contribution in [0.5, 0.6) is 11.5 Å². The van der Waals surface area contributed by atoms with E-state index in [1.54, 1.807) is 0 Å². The molecular formula is C9H7BrF3N3O2S. The van der Waals surface area contributed by atoms with Gasteiger partial charge in [0.05, 0.1) is 10.7 Å². The zero-order chi connectivity index (χ0) is 14.6. The molecule has 0 fully saturated rings. The van der Waals surface area contributed by atoms with E-state index in [-0.39, 0.29) is 20.9 Å². The predicted molar refractivity (Wildman–Crippen MR) is 70.0 cm³/mol. The molecule has 19 heavy (non-hydrogen) atoms. The molecule has 0 spiro atoms. The third kappa shape index (κ3) is 5.30. The van der Waals surface area contributed by atoms with Gasteiger partial charge in [0, 0.05) is 5.56 Å². The lowest BCUT2D eigenvalue weighted by atomic mass is 10.2. The van der Waals surface area contributed by atoms with Crippen LogP contribution in [-0.2, 0) is 0 Å². The summed E-state index contributed by atoms with van der Waals surface area (Å²) in [4.78, 5) is 0. The van der Waals surface area contributed by atoms with Crippen molar-refractivity contribution >= 4 is 39.5 Å². The summed E-state index contributed by atoms with van der Waals surface area (Å²) in [5.41, 5.74) is 7.28. The van der Waals surface area contributed by atoms with Gasteiger partial charge in [0.2, 0.25) is 0 Å². The molecule has 0 aromatic heterocycles. The fraction of sp³-hybridized carbons (Fsp3) is 0.111. The number of aromatic hydroxyl groups is 1. The number of hydrogen-bond acceptors (Lipinski definition) is 4. The second-order valence-electron chi connectivity index (χ2n) is 3.12. The molecule has 0 heterocycles. The number of nitrogens with zero attached hydrogens (tertiary/aromatic N) is 1. The molecule has 1 aromatic rings. The molecule has 0 unspecified atom stereocenters. The molecule has 10 heteroatoms. The first kappa shape index (κ1) is 15.5. The number of benzene rings is 1. The van der Waals surface area contributed by atoms with Gasteiger partial charge in [-0.15, -0.1) is 13.2 Å². The number of alkyl halides is 3. The van der Waals surface area contributed by atoms with Crippen molar-refractivity contribution in [2.24, 2.45) is 10.8 Å². The Morgan fingerprint density at radius 3 is 2.68 bits per heavy atom. The fourth-order valence-electron chi connectivity index (χ4n) is 1.05. The van der Waals surface area contributed by atoms with Crippen LogP contribution in [-0.4, -0.2) is 22.8 Å². The van der Waals surface area contributed by atoms with E-state index in [4.69, 9.17) is 5.73 Å². The van der Waals surface area contributed by atoms with E-state index < -0.39 is 12.1 Å². The highest BCUT2D eigenvalue weighted by molar-refractivity contribution is 9.10. The molecule has 0 saturated carbocycles. The number of hydrazone groups is 1. The monoisotopic (exact) mass is 357 g/mol. The summed E-state index contributed by atoms with van der Waals surface area (Å²) in [7, 11) is 0. The second-order valence-corrected chi connectivity index (χ2v) is 4.42. The minimum absolute atomic E-state index is 0.0163. The second kappa shape index (κ2) is 6.06. The average molecular weight is 358 g/mol. The number of rotatable bonds is 3. The van der Waals surface area contributed by atoms with Crippen LogP contribution in [0.1, 0.15) is 5.56 Å². The van der Waals surface area contributed by atoms with Gasteiger partial charge in [-0.05, 0) is 40.3 Å². The topological polar surface area (TPSA) is 79.9 Å². The Morgan fingerprint density at radius 1 is 1.53 bits per heavy atom. The van der Waals surface area contributed by atoms with Crippen LogP contribution >= 0.6 is 28.1 Å². The summed E-state index contributed by atoms with van der Waals surface area (Å²) in [5.74, 6) is -0.808. The van der Waals surface area contributed by atoms with Gasteiger partial charge in [-0.1, -0.05) is 0 Å². The molecule has 0 atom stereocenters. The Morgan fingerprint density at radius 2 is 2.16 bits per heavy atom. The van der Waals surface area contributed by atoms with Crippen molar-refractivity contribution in [2.45, 2.75) is 6.36 Å². The first-order chi connectivity index (χ1) is 8.69. The SMILES string of the molecule is NC(=S)NN=Cc1cc(OC(F)(F)F)cc(Br)c1O. The number of nitrogens with two attached hydrogens (primary N) is 1. The van der Waals surface area contributed by atoms with Gasteiger partial charge < -0.3 is 15.6 Å². The van der Waals surface area contributed by atoms with E-state index >= 15 is 0 Å². The van der Waals surface area contributed by atoms with Crippen LogP contribution in [0.15, 0.2) is 21.7 Å². The van der Waals surface area contributed by atoms with Gasteiger partial charge in [0.1, 0.15) is 11.5 Å². The van der Waals surface area contributed by atoms with Crippen molar-refractivity contribution in [3.8, 4) is 11.5 Å². The van der Waals surface area contributed by atoms with Gasteiger partial charge in [-0.25, -0.2) is 0 Å². The molecule has 0 aliphatic heterocycles. The Labute approximate surface area is 119 Å². The maximum Gasteiger partial charge on any atom is 0.573 e. The average Bonchev–Trinajstić information content (AvgIpc) is 2.22. The Kier molecular flexibility index (Phi) is 4.95. The van der Waals surface area contributed by atoms with Crippen molar-refractivity contribution in [3.63, 3.8) is 0 Å². The molecule has 0 aliphatic carbocycles. The number of phenolic OH excluding ortho intramolecular Hbond substituents is 1. The maximum absolute atomic E-state index is 12.1. The van der Waals surface area contributed by atoms with Gasteiger partial charge in [0.15, 0.2) is 5.11 Å². The lowest BCUT2D eigenvalue weighted by Crippen LogP contribution is -2.24. The summed E-state index contributed by atoms with van der Waals surface area (Å²) < 4.78 is 40.0. The Hall–Kier alpha value is -1.55. The van der Waals surface area contributed by atoms with Crippen molar-refractivity contribution in [2.75, 3.05) is 0 Å². The number of ether oxygens (including phenoxy) is 1. The quantitative estimate of drug-likeness (QED) is 0.439. The molecule has 0 bridgehead atoms. The third-order valence-electron chi connectivity index (χ3n) is 1.68. The van der Waals surface area contributed by atoms with E-state index in [2.05, 4.69) is 43.4 Å². The third-order valence-corrected chi connectivity index (χ3v) is 2.37. The highest BCUT2D eigenvalue weighted by atomic mass is 79.9. The van der Waals surface area contributed by atoms with E-state index in [0.29, 0.717) is 0 Å². The number of thiocarbonyl (C=S) groups is 1. The fourth-order valence-corrected chi connectivity index (χ4v) is 1.56. The lowest BCUT2D eigenvalue weighted by molar-refractivity contribution is -0.274. The lowest BCUT2D eigenvalue weighted by Gasteiger charge is -2.11. The van der Waals surface area contributed by atoms with Crippen molar-refractivity contribution in [1.82, 2.24) is 5.43 Å². The maximum atomic E-state index is 12.1. The molecule has 5 nitrogen and oxygen atoms in total. The summed E-state index contributed by atoms with van der Waals surface area (Å²) in [6, 6.07) is 1.93. The van der Waals surface area contributed by atoms with Crippen LogP contribution in [0.2, 0.25) is 0 Å². The zero-order valence-electron chi connectivity index (χ0n) is 9.03. The van der Waals surface area contributed by atoms with Crippen molar-refractivity contribution < 1.29 is 23.0 Å². The highest BCUT2D eigenvalue weighted by Crippen LogP contribution is 2.34. The molecule has 0 saturated heterocycles. The van der Waals surface area contributed by atoms with Crippen LogP contribution < -0.4 is 15.9 Å². The van der Waals surface area contributed by atoms with Crippen LogP contribution in [0.3, 0.4) is 0 Å². The number of hydrogen-bond donors (Lipinski definition) is 3. The van der Waals surface area contributed by atoms with Crippen LogP contribution in [0.25, 0.3) is 0 Å². The van der Waals surface area contributed by atoms with E-state index in [9.17, 15) is 18.3 Å². The molecule has 1 rings (SSSR count). The Bertz CT molecular complexity index is 522. The highest BCUT2D eigenvalue weighted by Gasteiger charge is 2.31. The van der Waals surface area contributed by atoms with Crippen LogP contribution in [0.4, 0.5) is 13.2 Å². The predicted octanol–water partition coefficient (Wildman–Crippen LogP) is 2.22. The van der Waals surface area contributed by atoms with E-state index in [0.717, 1.165) is 18.3 Å². The molecule has 0 radical (unpaired) electrons. The first-order valence-electron chi connectivity index (χ1n) is 4.56. The summed E-state index contributed by atoms with van der Waals surface area (Å²) in [5, 5.41) is 13.0. The van der Waals surface area contributed by atoms with Crippen molar-refractivity contribution in [3.05, 3.63) is 22.2 Å². The van der Waals surface area contributed by atoms with Gasteiger partial charge >= 0.3 is 6.36 Å². The largest absolute Gasteiger partial charge is 0.573 e. The molecule has 1 aromatic carbocycles. The van der Waals surface area contributed by atoms with Gasteiger partial charge in [0.25, 0.3) is 0 Å². The van der Waals surface area contributed by atoms with Crippen LogP contribution in [0, 0.1) is 0 Å². The molecule has 0 aliphatic rings. The number of nitrogens with one attached hydrogen (secondary N) is 1. The van der Waals surface area contributed by atoms with Gasteiger partial charge in [-0.3, -0.25) is 5.43 Å². The van der Waals surface area contributed by atoms with E-state index in [1.165, 1.54) is 0 Å². The Balaban J connectivity index is 3.03. The van der Waals surface area contributed by atoms with Gasteiger partial charge in [-0.2, -0.15) is 5.10 Å². The van der Waals surface area contributed by atoms with E-state index in [1.807, 2.05) is 0 Å². The van der Waals surface area contributed by atoms with Crippen molar-refractivity contribution in [1.29, 1.82) is 0 Å².